The molecule has 0 radical (unpaired) electrons. The third-order valence-electron chi connectivity index (χ3n) is 1.27. The summed E-state index contributed by atoms with van der Waals surface area (Å²) < 4.78 is 0. The molecular weight excluding hydrogens is 152 g/mol. The monoisotopic (exact) mass is 170 g/mol. The van der Waals surface area contributed by atoms with Gasteiger partial charge in [-0.2, -0.15) is 0 Å². The van der Waals surface area contributed by atoms with Crippen LogP contribution in [0.25, 0.3) is 0 Å². The Kier molecular flexibility index (Phi) is 4.47. The SMILES string of the molecule is CC[C@@H](O)CC#C[Si](C)(C)C. The van der Waals surface area contributed by atoms with Crippen LogP contribution in [-0.2, 0) is 0 Å². The highest BCUT2D eigenvalue weighted by molar-refractivity contribution is 6.83. The van der Waals surface area contributed by atoms with Gasteiger partial charge in [0.05, 0.1) is 6.10 Å². The predicted molar refractivity (Wildman–Crippen MR) is 52.0 cm³/mol. The van der Waals surface area contributed by atoms with Gasteiger partial charge in [-0.25, -0.2) is 0 Å². The van der Waals surface area contributed by atoms with E-state index in [0.29, 0.717) is 6.42 Å². The maximum atomic E-state index is 9.17. The normalized spacial score (nSPS) is 13.5. The van der Waals surface area contributed by atoms with Crippen molar-refractivity contribution < 1.29 is 5.11 Å². The summed E-state index contributed by atoms with van der Waals surface area (Å²) >= 11 is 0. The molecule has 2 heteroatoms. The molecule has 1 N–H and O–H groups in total. The summed E-state index contributed by atoms with van der Waals surface area (Å²) in [7, 11) is -1.21. The molecule has 0 aliphatic heterocycles. The lowest BCUT2D eigenvalue weighted by Gasteiger charge is -2.04. The average Bonchev–Trinajstić information content (AvgIpc) is 1.85. The van der Waals surface area contributed by atoms with E-state index < -0.39 is 8.07 Å². The minimum absolute atomic E-state index is 0.223. The van der Waals surface area contributed by atoms with Gasteiger partial charge in [0.2, 0.25) is 0 Å². The highest BCUT2D eigenvalue weighted by Crippen LogP contribution is 1.99. The number of aliphatic hydroxyl groups is 1. The Morgan fingerprint density at radius 3 is 2.27 bits per heavy atom. The molecule has 0 heterocycles. The standard InChI is InChI=1S/C9H18OSi/c1-5-9(10)7-6-8-11(2,3)4/h9-10H,5,7H2,1-4H3/t9-/m1/s1. The Labute approximate surface area is 70.8 Å². The molecule has 0 spiro atoms. The van der Waals surface area contributed by atoms with E-state index in [1.165, 1.54) is 0 Å². The molecule has 11 heavy (non-hydrogen) atoms. The Balaban J connectivity index is 3.73. The van der Waals surface area contributed by atoms with Crippen molar-refractivity contribution in [2.75, 3.05) is 0 Å². The summed E-state index contributed by atoms with van der Waals surface area (Å²) in [5.74, 6) is 3.04. The summed E-state index contributed by atoms with van der Waals surface area (Å²) in [5.41, 5.74) is 3.22. The van der Waals surface area contributed by atoms with Crippen LogP contribution >= 0.6 is 0 Å². The molecule has 0 amide bonds. The van der Waals surface area contributed by atoms with Crippen molar-refractivity contribution in [3.63, 3.8) is 0 Å². The maximum Gasteiger partial charge on any atom is 0.129 e. The van der Waals surface area contributed by atoms with Crippen LogP contribution < -0.4 is 0 Å². The van der Waals surface area contributed by atoms with Gasteiger partial charge >= 0.3 is 0 Å². The van der Waals surface area contributed by atoms with Crippen molar-refractivity contribution in [1.82, 2.24) is 0 Å². The molecule has 0 aromatic carbocycles. The number of aliphatic hydroxyl groups excluding tert-OH is 1. The smallest absolute Gasteiger partial charge is 0.129 e. The topological polar surface area (TPSA) is 20.2 Å². The molecule has 0 saturated heterocycles. The Bertz CT molecular complexity index is 159. The van der Waals surface area contributed by atoms with Crippen molar-refractivity contribution in [2.24, 2.45) is 0 Å². The molecule has 1 atom stereocenters. The molecule has 1 nitrogen and oxygen atoms in total. The first-order chi connectivity index (χ1) is 4.95. The van der Waals surface area contributed by atoms with E-state index in [-0.39, 0.29) is 6.10 Å². The minimum atomic E-state index is -1.21. The lowest BCUT2D eigenvalue weighted by molar-refractivity contribution is 0.176. The van der Waals surface area contributed by atoms with E-state index in [2.05, 4.69) is 31.1 Å². The van der Waals surface area contributed by atoms with Crippen LogP contribution in [0.5, 0.6) is 0 Å². The predicted octanol–water partition coefficient (Wildman–Crippen LogP) is 2.03. The van der Waals surface area contributed by atoms with Gasteiger partial charge in [0.25, 0.3) is 0 Å². The highest BCUT2D eigenvalue weighted by Gasteiger charge is 2.07. The molecular formula is C9H18OSi. The number of hydrogen-bond acceptors (Lipinski definition) is 1. The van der Waals surface area contributed by atoms with Crippen LogP contribution in [0.15, 0.2) is 0 Å². The molecule has 0 fully saturated rings. The van der Waals surface area contributed by atoms with E-state index in [0.717, 1.165) is 6.42 Å². The fraction of sp³-hybridized carbons (Fsp3) is 0.778. The van der Waals surface area contributed by atoms with Gasteiger partial charge in [0.15, 0.2) is 0 Å². The van der Waals surface area contributed by atoms with Gasteiger partial charge in [-0.15, -0.1) is 11.5 Å². The van der Waals surface area contributed by atoms with Crippen LogP contribution in [0.3, 0.4) is 0 Å². The van der Waals surface area contributed by atoms with Gasteiger partial charge in [-0.3, -0.25) is 0 Å². The molecule has 0 aromatic rings. The molecule has 0 bridgehead atoms. The molecule has 0 unspecified atom stereocenters. The van der Waals surface area contributed by atoms with Crippen LogP contribution in [-0.4, -0.2) is 19.3 Å². The summed E-state index contributed by atoms with van der Waals surface area (Å²) in [6.07, 6.45) is 1.22. The van der Waals surface area contributed by atoms with Gasteiger partial charge < -0.3 is 5.11 Å². The lowest BCUT2D eigenvalue weighted by Crippen LogP contribution is -2.16. The molecule has 64 valence electrons. The minimum Gasteiger partial charge on any atom is -0.392 e. The fourth-order valence-electron chi connectivity index (χ4n) is 0.578. The number of hydrogen-bond donors (Lipinski definition) is 1. The molecule has 0 rings (SSSR count). The quantitative estimate of drug-likeness (QED) is 0.496. The van der Waals surface area contributed by atoms with Crippen molar-refractivity contribution in [1.29, 1.82) is 0 Å². The Morgan fingerprint density at radius 2 is 1.91 bits per heavy atom. The van der Waals surface area contributed by atoms with Gasteiger partial charge in [-0.05, 0) is 6.42 Å². The van der Waals surface area contributed by atoms with Crippen LogP contribution in [0.1, 0.15) is 19.8 Å². The maximum absolute atomic E-state index is 9.17. The lowest BCUT2D eigenvalue weighted by atomic mass is 10.2. The summed E-state index contributed by atoms with van der Waals surface area (Å²) in [4.78, 5) is 0. The van der Waals surface area contributed by atoms with E-state index in [1.807, 2.05) is 6.92 Å². The van der Waals surface area contributed by atoms with Gasteiger partial charge in [-0.1, -0.05) is 26.6 Å². The van der Waals surface area contributed by atoms with Crippen molar-refractivity contribution in [3.05, 3.63) is 0 Å². The molecule has 0 saturated carbocycles. The van der Waals surface area contributed by atoms with Crippen LogP contribution in [0.4, 0.5) is 0 Å². The van der Waals surface area contributed by atoms with Gasteiger partial charge in [0, 0.05) is 6.42 Å². The molecule has 0 aliphatic carbocycles. The first kappa shape index (κ1) is 10.7. The van der Waals surface area contributed by atoms with Crippen molar-refractivity contribution >= 4 is 8.07 Å². The summed E-state index contributed by atoms with van der Waals surface area (Å²) in [5, 5.41) is 9.17. The number of rotatable bonds is 2. The fourth-order valence-corrected chi connectivity index (χ4v) is 1.21. The third kappa shape index (κ3) is 7.64. The molecule has 0 aromatic heterocycles. The zero-order valence-electron chi connectivity index (χ0n) is 7.94. The highest BCUT2D eigenvalue weighted by atomic mass is 28.3. The van der Waals surface area contributed by atoms with E-state index >= 15 is 0 Å². The largest absolute Gasteiger partial charge is 0.392 e. The Morgan fingerprint density at radius 1 is 1.36 bits per heavy atom. The Hall–Kier alpha value is -0.263. The first-order valence-electron chi connectivity index (χ1n) is 4.14. The van der Waals surface area contributed by atoms with Crippen molar-refractivity contribution in [2.45, 2.75) is 45.5 Å². The average molecular weight is 170 g/mol. The summed E-state index contributed by atoms with van der Waals surface area (Å²) in [6.45, 7) is 8.59. The van der Waals surface area contributed by atoms with Gasteiger partial charge in [0.1, 0.15) is 8.07 Å². The second-order valence-corrected chi connectivity index (χ2v) is 8.57. The third-order valence-corrected chi connectivity index (χ3v) is 2.20. The van der Waals surface area contributed by atoms with E-state index in [4.69, 9.17) is 5.11 Å². The zero-order valence-corrected chi connectivity index (χ0v) is 8.94. The van der Waals surface area contributed by atoms with E-state index in [1.54, 1.807) is 0 Å². The zero-order chi connectivity index (χ0) is 8.91. The van der Waals surface area contributed by atoms with Crippen LogP contribution in [0, 0.1) is 11.5 Å². The molecule has 0 aliphatic rings. The first-order valence-corrected chi connectivity index (χ1v) is 7.64. The second kappa shape index (κ2) is 4.58. The van der Waals surface area contributed by atoms with Crippen LogP contribution in [0.2, 0.25) is 19.6 Å². The second-order valence-electron chi connectivity index (χ2n) is 3.82. The summed E-state index contributed by atoms with van der Waals surface area (Å²) in [6, 6.07) is 0. The van der Waals surface area contributed by atoms with Crippen molar-refractivity contribution in [3.8, 4) is 11.5 Å². The van der Waals surface area contributed by atoms with E-state index in [9.17, 15) is 0 Å².